The Labute approximate surface area is 162 Å². The van der Waals surface area contributed by atoms with E-state index in [0.717, 1.165) is 34.6 Å². The predicted molar refractivity (Wildman–Crippen MR) is 114 cm³/mol. The Morgan fingerprint density at radius 1 is 1.12 bits per heavy atom. The zero-order chi connectivity index (χ0) is 19.1. The lowest BCUT2D eigenvalue weighted by Gasteiger charge is -2.11. The van der Waals surface area contributed by atoms with Crippen molar-refractivity contribution in [3.05, 3.63) is 81.9 Å². The molecule has 0 saturated heterocycles. The summed E-state index contributed by atoms with van der Waals surface area (Å²) in [6.45, 7) is 8.08. The van der Waals surface area contributed by atoms with Gasteiger partial charge in [0.1, 0.15) is 0 Å². The number of halogens is 1. The van der Waals surface area contributed by atoms with E-state index in [0.29, 0.717) is 6.42 Å². The topological polar surface area (TPSA) is 17.1 Å². The van der Waals surface area contributed by atoms with E-state index >= 15 is 0 Å². The molecule has 0 radical (unpaired) electrons. The van der Waals surface area contributed by atoms with Crippen LogP contribution in [0, 0.1) is 0 Å². The van der Waals surface area contributed by atoms with E-state index in [-0.39, 0.29) is 5.78 Å². The van der Waals surface area contributed by atoms with Gasteiger partial charge in [0, 0.05) is 17.0 Å². The number of benzene rings is 2. The van der Waals surface area contributed by atoms with Gasteiger partial charge in [-0.05, 0) is 66.6 Å². The monoisotopic (exact) mass is 366 g/mol. The standard InChI is InChI=1S/C24H27ClO/c1-5-18-14-20(16-21(25)15-18)17(4)12-13-19-10-8-9-11-23(19)22(6-2)24(26)7-3/h6,8-12,14-16H,5,7,13H2,1-4H3/b17-12-,22-6-. The Balaban J connectivity index is 2.33. The van der Waals surface area contributed by atoms with Crippen molar-refractivity contribution < 1.29 is 4.79 Å². The van der Waals surface area contributed by atoms with Crippen LogP contribution in [0.2, 0.25) is 5.02 Å². The fourth-order valence-electron chi connectivity index (χ4n) is 3.08. The van der Waals surface area contributed by atoms with Gasteiger partial charge in [-0.25, -0.2) is 0 Å². The van der Waals surface area contributed by atoms with Gasteiger partial charge in [-0.1, -0.05) is 67.9 Å². The first-order chi connectivity index (χ1) is 12.5. The summed E-state index contributed by atoms with van der Waals surface area (Å²) in [5, 5.41) is 0.775. The van der Waals surface area contributed by atoms with Gasteiger partial charge >= 0.3 is 0 Å². The van der Waals surface area contributed by atoms with Crippen LogP contribution < -0.4 is 0 Å². The number of carbonyl (C=O) groups is 1. The molecule has 0 unspecified atom stereocenters. The number of carbonyl (C=O) groups excluding carboxylic acids is 1. The van der Waals surface area contributed by atoms with E-state index < -0.39 is 0 Å². The van der Waals surface area contributed by atoms with Crippen molar-refractivity contribution in [3.8, 4) is 0 Å². The Morgan fingerprint density at radius 2 is 1.85 bits per heavy atom. The van der Waals surface area contributed by atoms with Gasteiger partial charge < -0.3 is 0 Å². The summed E-state index contributed by atoms with van der Waals surface area (Å²) in [7, 11) is 0. The molecule has 136 valence electrons. The molecule has 0 atom stereocenters. The van der Waals surface area contributed by atoms with Crippen LogP contribution in [0.15, 0.2) is 54.6 Å². The minimum Gasteiger partial charge on any atom is -0.294 e. The second-order valence-electron chi connectivity index (χ2n) is 6.43. The first-order valence-electron chi connectivity index (χ1n) is 9.24. The van der Waals surface area contributed by atoms with Crippen molar-refractivity contribution >= 4 is 28.5 Å². The number of Topliss-reactive ketones (excluding diaryl/α,β-unsaturated/α-hetero) is 1. The molecule has 2 aromatic rings. The lowest BCUT2D eigenvalue weighted by atomic mass is 9.93. The molecule has 0 aliphatic heterocycles. The highest BCUT2D eigenvalue weighted by Crippen LogP contribution is 2.25. The summed E-state index contributed by atoms with van der Waals surface area (Å²) in [4.78, 5) is 12.3. The molecule has 1 nitrogen and oxygen atoms in total. The third-order valence-electron chi connectivity index (χ3n) is 4.67. The maximum Gasteiger partial charge on any atom is 0.162 e. The molecule has 2 aromatic carbocycles. The Hall–Kier alpha value is -2.12. The highest BCUT2D eigenvalue weighted by molar-refractivity contribution is 6.30. The smallest absolute Gasteiger partial charge is 0.162 e. The summed E-state index contributed by atoms with van der Waals surface area (Å²) in [5.74, 6) is 0.183. The molecule has 0 bridgehead atoms. The number of ketones is 1. The fraction of sp³-hybridized carbons (Fsp3) is 0.292. The second kappa shape index (κ2) is 9.54. The first kappa shape index (κ1) is 20.2. The van der Waals surface area contributed by atoms with Gasteiger partial charge in [0.15, 0.2) is 5.78 Å². The largest absolute Gasteiger partial charge is 0.294 e. The van der Waals surface area contributed by atoms with E-state index in [9.17, 15) is 4.79 Å². The van der Waals surface area contributed by atoms with Crippen LogP contribution in [0.5, 0.6) is 0 Å². The Bertz CT molecular complexity index is 843. The molecular formula is C24H27ClO. The Kier molecular flexibility index (Phi) is 7.41. The van der Waals surface area contributed by atoms with Crippen LogP contribution in [-0.4, -0.2) is 5.78 Å². The van der Waals surface area contributed by atoms with Crippen molar-refractivity contribution in [2.75, 3.05) is 0 Å². The maximum absolute atomic E-state index is 12.3. The average molecular weight is 367 g/mol. The van der Waals surface area contributed by atoms with Crippen molar-refractivity contribution in [3.63, 3.8) is 0 Å². The van der Waals surface area contributed by atoms with Crippen LogP contribution >= 0.6 is 11.6 Å². The summed E-state index contributed by atoms with van der Waals surface area (Å²) in [6, 6.07) is 14.4. The molecule has 0 N–H and O–H groups in total. The van der Waals surface area contributed by atoms with E-state index in [4.69, 9.17) is 11.6 Å². The molecule has 2 rings (SSSR count). The van der Waals surface area contributed by atoms with Gasteiger partial charge in [0.25, 0.3) is 0 Å². The van der Waals surface area contributed by atoms with E-state index in [1.54, 1.807) is 0 Å². The van der Waals surface area contributed by atoms with Crippen molar-refractivity contribution in [2.45, 2.75) is 47.0 Å². The van der Waals surface area contributed by atoms with Crippen LogP contribution in [0.3, 0.4) is 0 Å². The van der Waals surface area contributed by atoms with E-state index in [2.05, 4.69) is 32.1 Å². The zero-order valence-electron chi connectivity index (χ0n) is 16.1. The number of allylic oxidation sites excluding steroid dienone is 4. The molecule has 0 aliphatic rings. The SMILES string of the molecule is C/C=C(\C(=O)CC)c1ccccc1C/C=C(/C)c1cc(Cl)cc(CC)c1. The lowest BCUT2D eigenvalue weighted by Crippen LogP contribution is -2.02. The van der Waals surface area contributed by atoms with Crippen LogP contribution in [0.1, 0.15) is 56.4 Å². The second-order valence-corrected chi connectivity index (χ2v) is 6.87. The van der Waals surface area contributed by atoms with Gasteiger partial charge in [-0.3, -0.25) is 4.79 Å². The molecule has 0 spiro atoms. The number of hydrogen-bond acceptors (Lipinski definition) is 1. The summed E-state index contributed by atoms with van der Waals surface area (Å²) < 4.78 is 0. The number of aryl methyl sites for hydroxylation is 1. The quantitative estimate of drug-likeness (QED) is 0.485. The molecule has 0 aromatic heterocycles. The zero-order valence-corrected chi connectivity index (χ0v) is 16.9. The fourth-order valence-corrected chi connectivity index (χ4v) is 3.34. The predicted octanol–water partition coefficient (Wildman–Crippen LogP) is 6.93. The lowest BCUT2D eigenvalue weighted by molar-refractivity contribution is -0.113. The van der Waals surface area contributed by atoms with Gasteiger partial charge in [0.2, 0.25) is 0 Å². The number of rotatable bonds is 7. The van der Waals surface area contributed by atoms with E-state index in [1.165, 1.54) is 16.7 Å². The maximum atomic E-state index is 12.3. The molecular weight excluding hydrogens is 340 g/mol. The highest BCUT2D eigenvalue weighted by Gasteiger charge is 2.12. The van der Waals surface area contributed by atoms with Crippen molar-refractivity contribution in [1.29, 1.82) is 0 Å². The third kappa shape index (κ3) is 4.95. The number of hydrogen-bond donors (Lipinski definition) is 0. The Morgan fingerprint density at radius 3 is 2.50 bits per heavy atom. The summed E-state index contributed by atoms with van der Waals surface area (Å²) in [6.07, 6.45) is 6.41. The third-order valence-corrected chi connectivity index (χ3v) is 4.89. The minimum atomic E-state index is 0.183. The highest BCUT2D eigenvalue weighted by atomic mass is 35.5. The minimum absolute atomic E-state index is 0.183. The molecule has 0 heterocycles. The van der Waals surface area contributed by atoms with Crippen LogP contribution in [0.4, 0.5) is 0 Å². The summed E-state index contributed by atoms with van der Waals surface area (Å²) in [5.41, 5.74) is 6.60. The van der Waals surface area contributed by atoms with Crippen LogP contribution in [-0.2, 0) is 17.6 Å². The summed E-state index contributed by atoms with van der Waals surface area (Å²) >= 11 is 6.25. The van der Waals surface area contributed by atoms with Gasteiger partial charge in [-0.15, -0.1) is 0 Å². The van der Waals surface area contributed by atoms with Crippen LogP contribution in [0.25, 0.3) is 11.1 Å². The first-order valence-corrected chi connectivity index (χ1v) is 9.62. The van der Waals surface area contributed by atoms with Gasteiger partial charge in [0.05, 0.1) is 0 Å². The van der Waals surface area contributed by atoms with Crippen molar-refractivity contribution in [1.82, 2.24) is 0 Å². The molecule has 0 amide bonds. The molecule has 26 heavy (non-hydrogen) atoms. The van der Waals surface area contributed by atoms with Gasteiger partial charge in [-0.2, -0.15) is 0 Å². The normalized spacial score (nSPS) is 12.3. The molecule has 2 heteroatoms. The average Bonchev–Trinajstić information content (AvgIpc) is 2.66. The van der Waals surface area contributed by atoms with Crippen molar-refractivity contribution in [2.24, 2.45) is 0 Å². The molecule has 0 saturated carbocycles. The van der Waals surface area contributed by atoms with E-state index in [1.807, 2.05) is 50.3 Å². The molecule has 0 fully saturated rings. The molecule has 0 aliphatic carbocycles.